The molecule has 1 fully saturated rings. The molecule has 0 radical (unpaired) electrons. The van der Waals surface area contributed by atoms with Crippen molar-refractivity contribution in [2.24, 2.45) is 5.73 Å². The van der Waals surface area contributed by atoms with Crippen LogP contribution in [0.5, 0.6) is 0 Å². The zero-order chi connectivity index (χ0) is 12.5. The lowest BCUT2D eigenvalue weighted by molar-refractivity contribution is 0.271. The fraction of sp³-hybridized carbons (Fsp3) is 0.462. The highest BCUT2D eigenvalue weighted by Crippen LogP contribution is 2.33. The van der Waals surface area contributed by atoms with Crippen LogP contribution < -0.4 is 10.6 Å². The zero-order valence-corrected chi connectivity index (χ0v) is 11.4. The number of rotatable bonds is 2. The van der Waals surface area contributed by atoms with Gasteiger partial charge in [-0.15, -0.1) is 0 Å². The largest absolute Gasteiger partial charge is 0.355 e. The summed E-state index contributed by atoms with van der Waals surface area (Å²) in [5, 5.41) is 2.53. The second-order valence-corrected chi connectivity index (χ2v) is 5.60. The summed E-state index contributed by atoms with van der Waals surface area (Å²) in [6.07, 6.45) is 0. The molecule has 18 heavy (non-hydrogen) atoms. The molecule has 1 aromatic carbocycles. The van der Waals surface area contributed by atoms with Crippen molar-refractivity contribution in [3.63, 3.8) is 0 Å². The van der Waals surface area contributed by atoms with E-state index in [1.165, 1.54) is 10.4 Å². The van der Waals surface area contributed by atoms with E-state index in [1.807, 2.05) is 6.07 Å². The molecule has 1 saturated heterocycles. The van der Waals surface area contributed by atoms with Crippen molar-refractivity contribution in [3.8, 4) is 0 Å². The minimum atomic E-state index is 0.396. The van der Waals surface area contributed by atoms with Gasteiger partial charge >= 0.3 is 0 Å². The van der Waals surface area contributed by atoms with Gasteiger partial charge in [-0.3, -0.25) is 0 Å². The maximum absolute atomic E-state index is 5.92. The molecule has 96 valence electrons. The number of piperazine rings is 1. The van der Waals surface area contributed by atoms with E-state index >= 15 is 0 Å². The molecule has 1 atom stereocenters. The number of likely N-dealkylation sites (N-methyl/N-ethyl adjacent to an activating group) is 1. The second kappa shape index (κ2) is 4.84. The van der Waals surface area contributed by atoms with Crippen LogP contribution >= 0.6 is 11.5 Å². The highest BCUT2D eigenvalue weighted by atomic mass is 32.1. The molecule has 1 aliphatic heterocycles. The van der Waals surface area contributed by atoms with E-state index in [4.69, 9.17) is 5.73 Å². The van der Waals surface area contributed by atoms with Crippen molar-refractivity contribution >= 4 is 27.4 Å². The third-order valence-electron chi connectivity index (χ3n) is 3.58. The van der Waals surface area contributed by atoms with Crippen molar-refractivity contribution < 1.29 is 0 Å². The average molecular weight is 262 g/mol. The molecule has 3 rings (SSSR count). The van der Waals surface area contributed by atoms with Gasteiger partial charge in [0, 0.05) is 31.6 Å². The van der Waals surface area contributed by atoms with Gasteiger partial charge in [0.25, 0.3) is 0 Å². The van der Waals surface area contributed by atoms with Gasteiger partial charge in [0.2, 0.25) is 0 Å². The number of benzene rings is 1. The normalized spacial score (nSPS) is 21.7. The molecular weight excluding hydrogens is 244 g/mol. The fourth-order valence-corrected chi connectivity index (χ4v) is 3.52. The first-order chi connectivity index (χ1) is 8.79. The van der Waals surface area contributed by atoms with Crippen molar-refractivity contribution in [3.05, 3.63) is 24.3 Å². The molecule has 0 amide bonds. The molecule has 2 aromatic rings. The Balaban J connectivity index is 1.98. The topological polar surface area (TPSA) is 45.4 Å². The van der Waals surface area contributed by atoms with Gasteiger partial charge in [-0.05, 0) is 30.7 Å². The SMILES string of the molecule is CN1CCN(c2snc3ccccc23)C(CN)C1. The molecule has 1 aromatic heterocycles. The second-order valence-electron chi connectivity index (χ2n) is 4.85. The molecule has 0 spiro atoms. The first-order valence-electron chi connectivity index (χ1n) is 6.29. The molecule has 1 unspecified atom stereocenters. The molecule has 0 aliphatic carbocycles. The molecular formula is C13H18N4S. The molecule has 1 aliphatic rings. The maximum atomic E-state index is 5.92. The number of hydrogen-bond acceptors (Lipinski definition) is 5. The van der Waals surface area contributed by atoms with Gasteiger partial charge in [0.05, 0.1) is 11.6 Å². The first kappa shape index (κ1) is 11.9. The van der Waals surface area contributed by atoms with Crippen molar-refractivity contribution in [1.82, 2.24) is 9.27 Å². The molecule has 2 heterocycles. The van der Waals surface area contributed by atoms with Crippen molar-refractivity contribution in [2.45, 2.75) is 6.04 Å². The fourth-order valence-electron chi connectivity index (χ4n) is 2.56. The lowest BCUT2D eigenvalue weighted by Crippen LogP contribution is -2.54. The van der Waals surface area contributed by atoms with E-state index in [0.29, 0.717) is 12.6 Å². The van der Waals surface area contributed by atoms with E-state index in [1.54, 1.807) is 11.5 Å². The average Bonchev–Trinajstić information content (AvgIpc) is 2.82. The van der Waals surface area contributed by atoms with Crippen LogP contribution in [0.2, 0.25) is 0 Å². The monoisotopic (exact) mass is 262 g/mol. The number of nitrogens with zero attached hydrogens (tertiary/aromatic N) is 3. The van der Waals surface area contributed by atoms with Crippen LogP contribution in [0.25, 0.3) is 10.9 Å². The lowest BCUT2D eigenvalue weighted by Gasteiger charge is -2.40. The summed E-state index contributed by atoms with van der Waals surface area (Å²) in [4.78, 5) is 4.78. The standard InChI is InChI=1S/C13H18N4S/c1-16-6-7-17(10(8-14)9-16)13-11-4-2-3-5-12(11)15-18-13/h2-5,10H,6-9,14H2,1H3. The highest BCUT2D eigenvalue weighted by Gasteiger charge is 2.26. The van der Waals surface area contributed by atoms with Crippen LogP contribution in [0, 0.1) is 0 Å². The quantitative estimate of drug-likeness (QED) is 0.888. The van der Waals surface area contributed by atoms with Crippen LogP contribution in [-0.4, -0.2) is 48.5 Å². The minimum Gasteiger partial charge on any atom is -0.355 e. The summed E-state index contributed by atoms with van der Waals surface area (Å²) in [7, 11) is 2.16. The number of aromatic nitrogens is 1. The summed E-state index contributed by atoms with van der Waals surface area (Å²) in [5.74, 6) is 0. The van der Waals surface area contributed by atoms with Crippen LogP contribution in [0.1, 0.15) is 0 Å². The number of hydrogen-bond donors (Lipinski definition) is 1. The predicted molar refractivity (Wildman–Crippen MR) is 77.3 cm³/mol. The third-order valence-corrected chi connectivity index (χ3v) is 4.50. The van der Waals surface area contributed by atoms with Gasteiger partial charge in [0.1, 0.15) is 5.00 Å². The summed E-state index contributed by atoms with van der Waals surface area (Å²) in [5.41, 5.74) is 7.01. The Labute approximate surface area is 111 Å². The molecule has 4 nitrogen and oxygen atoms in total. The Morgan fingerprint density at radius 3 is 3.06 bits per heavy atom. The van der Waals surface area contributed by atoms with Crippen LogP contribution in [0.4, 0.5) is 5.00 Å². The molecule has 0 saturated carbocycles. The third kappa shape index (κ3) is 1.98. The van der Waals surface area contributed by atoms with E-state index in [9.17, 15) is 0 Å². The first-order valence-corrected chi connectivity index (χ1v) is 7.06. The number of nitrogens with two attached hydrogens (primary N) is 1. The van der Waals surface area contributed by atoms with Crippen LogP contribution in [0.3, 0.4) is 0 Å². The summed E-state index contributed by atoms with van der Waals surface area (Å²) in [6.45, 7) is 3.84. The Hall–Kier alpha value is -1.17. The predicted octanol–water partition coefficient (Wildman–Crippen LogP) is 1.38. The van der Waals surface area contributed by atoms with E-state index in [2.05, 4.69) is 39.4 Å². The van der Waals surface area contributed by atoms with E-state index < -0.39 is 0 Å². The molecule has 5 heteroatoms. The maximum Gasteiger partial charge on any atom is 0.120 e. The lowest BCUT2D eigenvalue weighted by atomic mass is 10.1. The number of anilines is 1. The van der Waals surface area contributed by atoms with Gasteiger partial charge in [0.15, 0.2) is 0 Å². The Kier molecular flexibility index (Phi) is 3.20. The highest BCUT2D eigenvalue weighted by molar-refractivity contribution is 7.11. The van der Waals surface area contributed by atoms with E-state index in [-0.39, 0.29) is 0 Å². The van der Waals surface area contributed by atoms with Crippen LogP contribution in [0.15, 0.2) is 24.3 Å². The Morgan fingerprint density at radius 1 is 1.39 bits per heavy atom. The summed E-state index contributed by atoms with van der Waals surface area (Å²) < 4.78 is 4.53. The van der Waals surface area contributed by atoms with Crippen molar-refractivity contribution in [2.75, 3.05) is 38.1 Å². The van der Waals surface area contributed by atoms with Gasteiger partial charge in [-0.25, -0.2) is 0 Å². The Morgan fingerprint density at radius 2 is 2.22 bits per heavy atom. The Bertz CT molecular complexity index is 539. The van der Waals surface area contributed by atoms with Gasteiger partial charge in [-0.2, -0.15) is 4.37 Å². The van der Waals surface area contributed by atoms with Gasteiger partial charge in [-0.1, -0.05) is 12.1 Å². The molecule has 2 N–H and O–H groups in total. The van der Waals surface area contributed by atoms with Crippen LogP contribution in [-0.2, 0) is 0 Å². The van der Waals surface area contributed by atoms with Gasteiger partial charge < -0.3 is 15.5 Å². The van der Waals surface area contributed by atoms with Crippen molar-refractivity contribution in [1.29, 1.82) is 0 Å². The zero-order valence-electron chi connectivity index (χ0n) is 10.5. The summed E-state index contributed by atoms with van der Waals surface area (Å²) in [6, 6.07) is 8.74. The number of fused-ring (bicyclic) bond motifs is 1. The summed E-state index contributed by atoms with van der Waals surface area (Å²) >= 11 is 1.59. The minimum absolute atomic E-state index is 0.396. The van der Waals surface area contributed by atoms with E-state index in [0.717, 1.165) is 25.2 Å². The molecule has 0 bridgehead atoms. The smallest absolute Gasteiger partial charge is 0.120 e.